The van der Waals surface area contributed by atoms with Crippen LogP contribution in [-0.4, -0.2) is 17.6 Å². The lowest BCUT2D eigenvalue weighted by atomic mass is 10.1. The monoisotopic (exact) mass is 340 g/mol. The number of hydrogen-bond donors (Lipinski definition) is 1. The van der Waals surface area contributed by atoms with Gasteiger partial charge < -0.3 is 9.84 Å². The predicted molar refractivity (Wildman–Crippen MR) is 96.3 cm³/mol. The minimum absolute atomic E-state index is 0.114. The maximum Gasteiger partial charge on any atom is 0.257 e. The van der Waals surface area contributed by atoms with E-state index in [1.54, 1.807) is 6.92 Å². The average molecular weight is 340 g/mol. The number of aromatic nitrogens is 1. The summed E-state index contributed by atoms with van der Waals surface area (Å²) in [5.41, 5.74) is 2.50. The third-order valence-electron chi connectivity index (χ3n) is 3.86. The molecule has 0 unspecified atom stereocenters. The topological polar surface area (TPSA) is 55.1 Å². The van der Waals surface area contributed by atoms with Gasteiger partial charge in [-0.05, 0) is 43.2 Å². The van der Waals surface area contributed by atoms with E-state index < -0.39 is 0 Å². The first-order valence-electron chi connectivity index (χ1n) is 8.08. The molecule has 1 N–H and O–H groups in total. The highest BCUT2D eigenvalue weighted by molar-refractivity contribution is 7.13. The summed E-state index contributed by atoms with van der Waals surface area (Å²) >= 11 is 1.54. The zero-order valence-corrected chi connectivity index (χ0v) is 14.4. The van der Waals surface area contributed by atoms with E-state index in [0.29, 0.717) is 23.6 Å². The van der Waals surface area contributed by atoms with E-state index in [-0.39, 0.29) is 5.91 Å². The van der Waals surface area contributed by atoms with Crippen molar-refractivity contribution in [2.75, 3.05) is 6.54 Å². The van der Waals surface area contributed by atoms with Crippen molar-refractivity contribution >= 4 is 17.2 Å². The number of unbranched alkanes of at least 4 members (excludes halogenated alkanes) is 1. The number of carbonyl (C=O) groups excluding carboxylic acids is 1. The zero-order chi connectivity index (χ0) is 16.8. The normalized spacial score (nSPS) is 10.7. The van der Waals surface area contributed by atoms with Crippen molar-refractivity contribution in [1.82, 2.24) is 10.5 Å². The number of aryl methyl sites for hydroxylation is 2. The van der Waals surface area contributed by atoms with Crippen LogP contribution >= 0.6 is 11.3 Å². The molecule has 0 atom stereocenters. The van der Waals surface area contributed by atoms with Crippen LogP contribution in [0.3, 0.4) is 0 Å². The van der Waals surface area contributed by atoms with E-state index >= 15 is 0 Å². The molecule has 0 aliphatic rings. The molecule has 0 aliphatic carbocycles. The molecule has 1 aromatic carbocycles. The lowest BCUT2D eigenvalue weighted by Crippen LogP contribution is -2.25. The van der Waals surface area contributed by atoms with Gasteiger partial charge in [0.15, 0.2) is 5.76 Å². The van der Waals surface area contributed by atoms with Crippen molar-refractivity contribution in [3.8, 4) is 10.6 Å². The summed E-state index contributed by atoms with van der Waals surface area (Å²) in [4.78, 5) is 13.4. The van der Waals surface area contributed by atoms with Gasteiger partial charge in [0.05, 0.1) is 10.6 Å². The molecular weight excluding hydrogens is 320 g/mol. The third-order valence-corrected chi connectivity index (χ3v) is 4.72. The van der Waals surface area contributed by atoms with Crippen LogP contribution in [0.2, 0.25) is 0 Å². The van der Waals surface area contributed by atoms with Crippen molar-refractivity contribution in [1.29, 1.82) is 0 Å². The van der Waals surface area contributed by atoms with Crippen molar-refractivity contribution in [2.24, 2.45) is 0 Å². The van der Waals surface area contributed by atoms with E-state index in [1.807, 2.05) is 23.6 Å². The standard InChI is InChI=1S/C19H20N2O2S/c1-14-17(18(23-21-14)16-11-7-13-24-16)19(22)20-12-6-5-10-15-8-3-2-4-9-15/h2-4,7-9,11,13H,5-6,10,12H2,1H3,(H,20,22). The SMILES string of the molecule is Cc1noc(-c2cccs2)c1C(=O)NCCCCc1ccccc1. The van der Waals surface area contributed by atoms with Gasteiger partial charge in [0.1, 0.15) is 5.56 Å². The maximum atomic E-state index is 12.5. The first kappa shape index (κ1) is 16.5. The molecule has 0 saturated carbocycles. The predicted octanol–water partition coefficient (Wildman–Crippen LogP) is 4.46. The van der Waals surface area contributed by atoms with Gasteiger partial charge in [0, 0.05) is 6.54 Å². The van der Waals surface area contributed by atoms with Crippen LogP contribution in [-0.2, 0) is 6.42 Å². The fourth-order valence-electron chi connectivity index (χ4n) is 2.60. The van der Waals surface area contributed by atoms with Gasteiger partial charge in [-0.25, -0.2) is 0 Å². The Hall–Kier alpha value is -2.40. The zero-order valence-electron chi connectivity index (χ0n) is 13.6. The molecule has 3 aromatic rings. The maximum absolute atomic E-state index is 12.5. The van der Waals surface area contributed by atoms with Gasteiger partial charge in [0.25, 0.3) is 5.91 Å². The van der Waals surface area contributed by atoms with E-state index in [1.165, 1.54) is 16.9 Å². The Morgan fingerprint density at radius 1 is 1.17 bits per heavy atom. The molecule has 0 aliphatic heterocycles. The first-order chi connectivity index (χ1) is 11.8. The molecule has 2 heterocycles. The van der Waals surface area contributed by atoms with Crippen LogP contribution < -0.4 is 5.32 Å². The Labute approximate surface area is 145 Å². The molecule has 4 nitrogen and oxygen atoms in total. The van der Waals surface area contributed by atoms with Crippen LogP contribution in [0.15, 0.2) is 52.4 Å². The molecule has 0 spiro atoms. The second-order valence-corrected chi connectivity index (χ2v) is 6.60. The van der Waals surface area contributed by atoms with Gasteiger partial charge in [0.2, 0.25) is 0 Å². The van der Waals surface area contributed by atoms with Crippen molar-refractivity contribution < 1.29 is 9.32 Å². The second-order valence-electron chi connectivity index (χ2n) is 5.65. The molecule has 0 radical (unpaired) electrons. The Morgan fingerprint density at radius 2 is 2.00 bits per heavy atom. The largest absolute Gasteiger partial charge is 0.354 e. The summed E-state index contributed by atoms with van der Waals surface area (Å²) in [7, 11) is 0. The van der Waals surface area contributed by atoms with Gasteiger partial charge >= 0.3 is 0 Å². The molecule has 24 heavy (non-hydrogen) atoms. The van der Waals surface area contributed by atoms with Crippen molar-refractivity contribution in [3.05, 3.63) is 64.7 Å². The first-order valence-corrected chi connectivity index (χ1v) is 8.96. The van der Waals surface area contributed by atoms with Gasteiger partial charge in [-0.2, -0.15) is 0 Å². The number of hydrogen-bond acceptors (Lipinski definition) is 4. The number of thiophene rings is 1. The molecule has 2 aromatic heterocycles. The Bertz CT molecular complexity index is 779. The molecule has 0 bridgehead atoms. The summed E-state index contributed by atoms with van der Waals surface area (Å²) < 4.78 is 5.35. The molecule has 0 saturated heterocycles. The van der Waals surface area contributed by atoms with Crippen molar-refractivity contribution in [3.63, 3.8) is 0 Å². The minimum Gasteiger partial charge on any atom is -0.354 e. The minimum atomic E-state index is -0.114. The summed E-state index contributed by atoms with van der Waals surface area (Å²) in [6, 6.07) is 14.3. The number of nitrogens with one attached hydrogen (secondary N) is 1. The summed E-state index contributed by atoms with van der Waals surface area (Å²) in [6.45, 7) is 2.45. The van der Waals surface area contributed by atoms with Crippen LogP contribution in [0.1, 0.15) is 34.5 Å². The van der Waals surface area contributed by atoms with Crippen LogP contribution in [0.4, 0.5) is 0 Å². The Balaban J connectivity index is 1.52. The fourth-order valence-corrected chi connectivity index (χ4v) is 3.31. The number of benzene rings is 1. The van der Waals surface area contributed by atoms with Crippen molar-refractivity contribution in [2.45, 2.75) is 26.2 Å². The van der Waals surface area contributed by atoms with E-state index in [9.17, 15) is 4.79 Å². The van der Waals surface area contributed by atoms with Gasteiger partial charge in [-0.3, -0.25) is 4.79 Å². The van der Waals surface area contributed by atoms with E-state index in [4.69, 9.17) is 4.52 Å². The van der Waals surface area contributed by atoms with Gasteiger partial charge in [-0.1, -0.05) is 41.6 Å². The van der Waals surface area contributed by atoms with Gasteiger partial charge in [-0.15, -0.1) is 11.3 Å². The Kier molecular flexibility index (Phi) is 5.43. The smallest absolute Gasteiger partial charge is 0.257 e. The Morgan fingerprint density at radius 3 is 2.75 bits per heavy atom. The molecular formula is C19H20N2O2S. The lowest BCUT2D eigenvalue weighted by Gasteiger charge is -2.05. The molecule has 1 amide bonds. The lowest BCUT2D eigenvalue weighted by molar-refractivity contribution is 0.0953. The molecule has 3 rings (SSSR count). The highest BCUT2D eigenvalue weighted by atomic mass is 32.1. The summed E-state index contributed by atoms with van der Waals surface area (Å²) in [5, 5.41) is 8.89. The highest BCUT2D eigenvalue weighted by Gasteiger charge is 2.21. The number of amides is 1. The number of nitrogens with zero attached hydrogens (tertiary/aromatic N) is 1. The third kappa shape index (κ3) is 3.92. The molecule has 124 valence electrons. The molecule has 0 fully saturated rings. The summed E-state index contributed by atoms with van der Waals surface area (Å²) in [6.07, 6.45) is 3.02. The quantitative estimate of drug-likeness (QED) is 0.646. The van der Waals surface area contributed by atoms with E-state index in [2.05, 4.69) is 34.7 Å². The van der Waals surface area contributed by atoms with Crippen LogP contribution in [0.5, 0.6) is 0 Å². The molecule has 5 heteroatoms. The summed E-state index contributed by atoms with van der Waals surface area (Å²) in [5.74, 6) is 0.446. The second kappa shape index (κ2) is 7.93. The number of carbonyl (C=O) groups is 1. The average Bonchev–Trinajstić information content (AvgIpc) is 3.24. The van der Waals surface area contributed by atoms with E-state index in [0.717, 1.165) is 24.1 Å². The van der Waals surface area contributed by atoms with Crippen LogP contribution in [0.25, 0.3) is 10.6 Å². The fraction of sp³-hybridized carbons (Fsp3) is 0.263. The number of rotatable bonds is 7. The van der Waals surface area contributed by atoms with Crippen LogP contribution in [0, 0.1) is 6.92 Å². The highest BCUT2D eigenvalue weighted by Crippen LogP contribution is 2.29.